The fourth-order valence-electron chi connectivity index (χ4n) is 3.83. The topological polar surface area (TPSA) is 83.6 Å². The highest BCUT2D eigenvalue weighted by atomic mass is 79.9. The predicted octanol–water partition coefficient (Wildman–Crippen LogP) is 6.03. The Labute approximate surface area is 195 Å². The predicted molar refractivity (Wildman–Crippen MR) is 124 cm³/mol. The number of carbonyl (C=O) groups excluding carboxylic acids is 2. The van der Waals surface area contributed by atoms with E-state index in [0.717, 1.165) is 4.47 Å². The molecule has 1 unspecified atom stereocenters. The number of furan rings is 1. The molecule has 32 heavy (non-hydrogen) atoms. The van der Waals surface area contributed by atoms with Crippen LogP contribution in [0.25, 0.3) is 11.0 Å². The molecule has 6 nitrogen and oxygen atoms in total. The van der Waals surface area contributed by atoms with Gasteiger partial charge in [-0.2, -0.15) is 0 Å². The van der Waals surface area contributed by atoms with Crippen LogP contribution in [0.5, 0.6) is 0 Å². The number of benzene rings is 2. The second kappa shape index (κ2) is 7.93. The van der Waals surface area contributed by atoms with E-state index in [2.05, 4.69) is 20.9 Å². The van der Waals surface area contributed by atoms with E-state index >= 15 is 0 Å². The van der Waals surface area contributed by atoms with Gasteiger partial charge in [0.25, 0.3) is 5.91 Å². The molecule has 1 aliphatic rings. The third-order valence-electron chi connectivity index (χ3n) is 5.28. The van der Waals surface area contributed by atoms with E-state index in [1.807, 2.05) is 0 Å². The highest BCUT2D eigenvalue weighted by Gasteiger charge is 2.45. The first-order valence-corrected chi connectivity index (χ1v) is 10.8. The number of pyridine rings is 1. The van der Waals surface area contributed by atoms with Crippen molar-refractivity contribution in [2.45, 2.75) is 6.04 Å². The standard InChI is InChI=1S/C24H14BrClN2O4/c25-15-1-4-17(5-2-15)28-21(13-7-9-27-10-8-13)20(23(30)24(28)31)22(29)19-12-14-11-16(26)3-6-18(14)32-19/h1-12,21,30H. The average molecular weight is 510 g/mol. The number of halogens is 2. The second-order valence-electron chi connectivity index (χ2n) is 7.22. The smallest absolute Gasteiger partial charge is 0.294 e. The number of aliphatic hydroxyl groups is 1. The van der Waals surface area contributed by atoms with Gasteiger partial charge in [0, 0.05) is 33.0 Å². The summed E-state index contributed by atoms with van der Waals surface area (Å²) in [5.41, 5.74) is 1.58. The molecular weight excluding hydrogens is 496 g/mol. The summed E-state index contributed by atoms with van der Waals surface area (Å²) < 4.78 is 6.56. The van der Waals surface area contributed by atoms with E-state index in [-0.39, 0.29) is 11.3 Å². The van der Waals surface area contributed by atoms with Crippen LogP contribution < -0.4 is 4.90 Å². The first-order valence-electron chi connectivity index (χ1n) is 9.60. The molecule has 0 bridgehead atoms. The summed E-state index contributed by atoms with van der Waals surface area (Å²) in [6, 6.07) is 16.2. The van der Waals surface area contributed by atoms with Crippen LogP contribution in [0.4, 0.5) is 5.69 Å². The highest BCUT2D eigenvalue weighted by Crippen LogP contribution is 2.42. The zero-order valence-electron chi connectivity index (χ0n) is 16.3. The summed E-state index contributed by atoms with van der Waals surface area (Å²) in [5, 5.41) is 12.0. The van der Waals surface area contributed by atoms with Gasteiger partial charge in [0.05, 0.1) is 11.6 Å². The summed E-state index contributed by atoms with van der Waals surface area (Å²) in [6.45, 7) is 0. The van der Waals surface area contributed by atoms with Gasteiger partial charge >= 0.3 is 0 Å². The minimum Gasteiger partial charge on any atom is -0.503 e. The van der Waals surface area contributed by atoms with Gasteiger partial charge in [-0.05, 0) is 66.2 Å². The molecule has 0 radical (unpaired) electrons. The minimum absolute atomic E-state index is 0.00771. The van der Waals surface area contributed by atoms with Gasteiger partial charge in [-0.1, -0.05) is 27.5 Å². The molecule has 0 spiro atoms. The Balaban J connectivity index is 1.65. The normalized spacial score (nSPS) is 16.2. The van der Waals surface area contributed by atoms with Crippen molar-refractivity contribution in [1.29, 1.82) is 0 Å². The molecule has 4 aromatic rings. The summed E-state index contributed by atoms with van der Waals surface area (Å²) >= 11 is 9.42. The van der Waals surface area contributed by atoms with Crippen LogP contribution in [-0.2, 0) is 4.79 Å². The second-order valence-corrected chi connectivity index (χ2v) is 8.57. The molecule has 1 atom stereocenters. The number of fused-ring (bicyclic) bond motifs is 1. The van der Waals surface area contributed by atoms with E-state index in [9.17, 15) is 14.7 Å². The van der Waals surface area contributed by atoms with Gasteiger partial charge in [0.15, 0.2) is 11.5 Å². The van der Waals surface area contributed by atoms with Crippen LogP contribution in [0.1, 0.15) is 22.2 Å². The maximum absolute atomic E-state index is 13.5. The lowest BCUT2D eigenvalue weighted by atomic mass is 9.95. The van der Waals surface area contributed by atoms with E-state index in [4.69, 9.17) is 16.0 Å². The fraction of sp³-hybridized carbons (Fsp3) is 0.0417. The van der Waals surface area contributed by atoms with Gasteiger partial charge in [-0.25, -0.2) is 0 Å². The van der Waals surface area contributed by atoms with Crippen molar-refractivity contribution in [1.82, 2.24) is 4.98 Å². The molecule has 0 saturated heterocycles. The van der Waals surface area contributed by atoms with E-state index < -0.39 is 23.5 Å². The maximum atomic E-state index is 13.5. The van der Waals surface area contributed by atoms with E-state index in [1.165, 1.54) is 4.90 Å². The third kappa shape index (κ3) is 3.39. The molecule has 158 valence electrons. The van der Waals surface area contributed by atoms with Crippen LogP contribution in [0.2, 0.25) is 5.02 Å². The molecule has 3 heterocycles. The molecule has 0 aliphatic carbocycles. The fourth-order valence-corrected chi connectivity index (χ4v) is 4.27. The quantitative estimate of drug-likeness (QED) is 0.340. The number of amides is 1. The average Bonchev–Trinajstić information content (AvgIpc) is 3.33. The highest BCUT2D eigenvalue weighted by molar-refractivity contribution is 9.10. The Morgan fingerprint density at radius 2 is 1.78 bits per heavy atom. The number of ketones is 1. The zero-order valence-corrected chi connectivity index (χ0v) is 18.7. The largest absolute Gasteiger partial charge is 0.503 e. The number of aromatic nitrogens is 1. The van der Waals surface area contributed by atoms with Crippen molar-refractivity contribution in [3.05, 3.63) is 105 Å². The number of rotatable bonds is 4. The molecule has 2 aromatic heterocycles. The van der Waals surface area contributed by atoms with Crippen LogP contribution in [0, 0.1) is 0 Å². The van der Waals surface area contributed by atoms with Crippen molar-refractivity contribution >= 4 is 55.9 Å². The number of carbonyl (C=O) groups is 2. The number of hydrogen-bond acceptors (Lipinski definition) is 5. The Kier molecular flexibility index (Phi) is 5.07. The molecule has 1 amide bonds. The lowest BCUT2D eigenvalue weighted by Crippen LogP contribution is -2.31. The lowest BCUT2D eigenvalue weighted by molar-refractivity contribution is -0.117. The van der Waals surface area contributed by atoms with E-state index in [0.29, 0.717) is 27.2 Å². The molecule has 8 heteroatoms. The van der Waals surface area contributed by atoms with Crippen LogP contribution in [-0.4, -0.2) is 21.8 Å². The molecule has 1 aliphatic heterocycles. The molecule has 2 aromatic carbocycles. The van der Waals surface area contributed by atoms with Crippen molar-refractivity contribution in [2.75, 3.05) is 4.90 Å². The number of aliphatic hydroxyl groups excluding tert-OH is 1. The van der Waals surface area contributed by atoms with Crippen molar-refractivity contribution < 1.29 is 19.1 Å². The molecular formula is C24H14BrClN2O4. The maximum Gasteiger partial charge on any atom is 0.294 e. The van der Waals surface area contributed by atoms with E-state index in [1.54, 1.807) is 73.1 Å². The minimum atomic E-state index is -0.851. The SMILES string of the molecule is O=C(C1=C(O)C(=O)N(c2ccc(Br)cc2)C1c1ccncc1)c1cc2cc(Cl)ccc2o1. The van der Waals surface area contributed by atoms with Gasteiger partial charge in [0.2, 0.25) is 5.78 Å². The molecule has 0 saturated carbocycles. The third-order valence-corrected chi connectivity index (χ3v) is 6.05. The summed E-state index contributed by atoms with van der Waals surface area (Å²) in [7, 11) is 0. The zero-order chi connectivity index (χ0) is 22.4. The first-order chi connectivity index (χ1) is 15.4. The van der Waals surface area contributed by atoms with Crippen molar-refractivity contribution in [3.8, 4) is 0 Å². The summed E-state index contributed by atoms with van der Waals surface area (Å²) in [6.07, 6.45) is 3.14. The first kappa shape index (κ1) is 20.5. The Hall–Kier alpha value is -3.42. The Morgan fingerprint density at radius 1 is 1.06 bits per heavy atom. The van der Waals surface area contributed by atoms with Gasteiger partial charge in [-0.3, -0.25) is 19.5 Å². The Morgan fingerprint density at radius 3 is 2.50 bits per heavy atom. The lowest BCUT2D eigenvalue weighted by Gasteiger charge is -2.26. The Bertz CT molecular complexity index is 1400. The van der Waals surface area contributed by atoms with Gasteiger partial charge in [0.1, 0.15) is 5.58 Å². The molecule has 0 fully saturated rings. The van der Waals surface area contributed by atoms with Crippen LogP contribution in [0.15, 0.2) is 93.3 Å². The van der Waals surface area contributed by atoms with Crippen molar-refractivity contribution in [3.63, 3.8) is 0 Å². The number of hydrogen-bond donors (Lipinski definition) is 1. The molecule has 5 rings (SSSR count). The van der Waals surface area contributed by atoms with Gasteiger partial charge < -0.3 is 9.52 Å². The summed E-state index contributed by atoms with van der Waals surface area (Å²) in [4.78, 5) is 32.1. The molecule has 1 N–H and O–H groups in total. The summed E-state index contributed by atoms with van der Waals surface area (Å²) in [5.74, 6) is -1.85. The number of Topliss-reactive ketones (excluding diaryl/α,β-unsaturated/α-hetero) is 1. The van der Waals surface area contributed by atoms with Crippen molar-refractivity contribution in [2.24, 2.45) is 0 Å². The monoisotopic (exact) mass is 508 g/mol. The van der Waals surface area contributed by atoms with Crippen LogP contribution >= 0.6 is 27.5 Å². The van der Waals surface area contributed by atoms with Crippen LogP contribution in [0.3, 0.4) is 0 Å². The van der Waals surface area contributed by atoms with Gasteiger partial charge in [-0.15, -0.1) is 0 Å². The number of anilines is 1. The number of nitrogens with zero attached hydrogens (tertiary/aromatic N) is 2.